The van der Waals surface area contributed by atoms with Gasteiger partial charge in [-0.15, -0.1) is 0 Å². The van der Waals surface area contributed by atoms with E-state index in [4.69, 9.17) is 0 Å². The van der Waals surface area contributed by atoms with Crippen molar-refractivity contribution in [1.82, 2.24) is 0 Å². The van der Waals surface area contributed by atoms with Crippen LogP contribution < -0.4 is 0 Å². The molecule has 0 aliphatic carbocycles. The van der Waals surface area contributed by atoms with Gasteiger partial charge in [-0.2, -0.15) is 0 Å². The molecule has 0 saturated heterocycles. The topological polar surface area (TPSA) is 12.4 Å². The van der Waals surface area contributed by atoms with Crippen LogP contribution in [-0.4, -0.2) is 12.8 Å². The minimum Gasteiger partial charge on any atom is -0.298 e. The molecule has 0 aromatic heterocycles. The van der Waals surface area contributed by atoms with E-state index >= 15 is 0 Å². The minimum atomic E-state index is 0.913. The maximum Gasteiger partial charge on any atom is 0.0356 e. The Morgan fingerprint density at radius 1 is 1.00 bits per heavy atom. The third-order valence-corrected chi connectivity index (χ3v) is 0.698. The Morgan fingerprint density at radius 3 is 1.36 bits per heavy atom. The lowest BCUT2D eigenvalue weighted by molar-refractivity contribution is 1.14. The Hall–Kier alpha value is -0.590. The third-order valence-electron chi connectivity index (χ3n) is 0.698. The Kier molecular flexibility index (Phi) is 52.2. The smallest absolute Gasteiger partial charge is 0.0356 e. The predicted molar refractivity (Wildman–Crippen MR) is 56.5 cm³/mol. The molecule has 11 heavy (non-hydrogen) atoms. The van der Waals surface area contributed by atoms with Gasteiger partial charge in [-0.05, 0) is 33.9 Å². The monoisotopic (exact) mass is 157 g/mol. The summed E-state index contributed by atoms with van der Waals surface area (Å²) in [6.45, 7) is 12.8. The number of hydrogen-bond donors (Lipinski definition) is 0. The molecule has 0 saturated carbocycles. The molecule has 0 spiro atoms. The fourth-order valence-corrected chi connectivity index (χ4v) is 0.183. The van der Waals surface area contributed by atoms with Crippen LogP contribution in [0, 0.1) is 0 Å². The van der Waals surface area contributed by atoms with Crippen molar-refractivity contribution in [3.8, 4) is 0 Å². The standard InChI is InChI=1S/C4H9N.C4H8.C2H6/c1-3-5-4-2;1-3-4-2;1-2/h3H,4H2,1-2H3;3-4H,1-2H3;1-2H3. The fourth-order valence-electron chi connectivity index (χ4n) is 0.183. The first kappa shape index (κ1) is 16.8. The molecule has 68 valence electrons. The van der Waals surface area contributed by atoms with E-state index in [1.54, 1.807) is 6.21 Å². The number of aliphatic imine (C=N–C) groups is 1. The molecule has 1 heteroatoms. The van der Waals surface area contributed by atoms with Crippen molar-refractivity contribution in [2.45, 2.75) is 41.5 Å². The van der Waals surface area contributed by atoms with Gasteiger partial charge in [0, 0.05) is 6.54 Å². The van der Waals surface area contributed by atoms with Crippen molar-refractivity contribution < 1.29 is 0 Å². The van der Waals surface area contributed by atoms with Gasteiger partial charge < -0.3 is 0 Å². The first-order chi connectivity index (χ1) is 5.33. The zero-order chi connectivity index (χ0) is 9.54. The Labute approximate surface area is 72.2 Å². The maximum atomic E-state index is 3.85. The van der Waals surface area contributed by atoms with Crippen LogP contribution in [0.2, 0.25) is 0 Å². The summed E-state index contributed by atoms with van der Waals surface area (Å²) in [5, 5.41) is 0. The van der Waals surface area contributed by atoms with Crippen molar-refractivity contribution >= 4 is 6.21 Å². The number of nitrogens with zero attached hydrogens (tertiary/aromatic N) is 1. The van der Waals surface area contributed by atoms with Gasteiger partial charge in [0.25, 0.3) is 0 Å². The lowest BCUT2D eigenvalue weighted by Gasteiger charge is -1.68. The van der Waals surface area contributed by atoms with Crippen LogP contribution in [0.5, 0.6) is 0 Å². The molecule has 0 fully saturated rings. The van der Waals surface area contributed by atoms with E-state index in [0.717, 1.165) is 6.54 Å². The van der Waals surface area contributed by atoms with Gasteiger partial charge in [-0.25, -0.2) is 0 Å². The van der Waals surface area contributed by atoms with E-state index in [2.05, 4.69) is 4.99 Å². The number of rotatable bonds is 1. The predicted octanol–water partition coefficient (Wildman–Crippen LogP) is 3.71. The summed E-state index contributed by atoms with van der Waals surface area (Å²) in [4.78, 5) is 3.85. The van der Waals surface area contributed by atoms with E-state index in [0.29, 0.717) is 0 Å². The van der Waals surface area contributed by atoms with Crippen LogP contribution in [0.1, 0.15) is 41.5 Å². The summed E-state index contributed by atoms with van der Waals surface area (Å²) in [5.41, 5.74) is 0. The van der Waals surface area contributed by atoms with Gasteiger partial charge in [0.05, 0.1) is 0 Å². The highest BCUT2D eigenvalue weighted by Gasteiger charge is 1.51. The zero-order valence-electron chi connectivity index (χ0n) is 8.89. The first-order valence-electron chi connectivity index (χ1n) is 4.35. The molecule has 0 aliphatic heterocycles. The van der Waals surface area contributed by atoms with Gasteiger partial charge in [-0.3, -0.25) is 4.99 Å². The molecule has 0 aromatic carbocycles. The van der Waals surface area contributed by atoms with Gasteiger partial charge in [-0.1, -0.05) is 26.0 Å². The molecular formula is C10H23N. The molecule has 0 radical (unpaired) electrons. The van der Waals surface area contributed by atoms with E-state index < -0.39 is 0 Å². The van der Waals surface area contributed by atoms with E-state index in [-0.39, 0.29) is 0 Å². The summed E-state index contributed by atoms with van der Waals surface area (Å²) in [6.07, 6.45) is 5.81. The van der Waals surface area contributed by atoms with Gasteiger partial charge in [0.2, 0.25) is 0 Å². The summed E-state index contributed by atoms with van der Waals surface area (Å²) >= 11 is 0. The molecular weight excluding hydrogens is 134 g/mol. The molecule has 0 heterocycles. The highest BCUT2D eigenvalue weighted by atomic mass is 14.7. The van der Waals surface area contributed by atoms with E-state index in [1.807, 2.05) is 53.7 Å². The van der Waals surface area contributed by atoms with Crippen LogP contribution in [-0.2, 0) is 0 Å². The lowest BCUT2D eigenvalue weighted by atomic mass is 10.6. The minimum absolute atomic E-state index is 0.913. The lowest BCUT2D eigenvalue weighted by Crippen LogP contribution is -1.62. The highest BCUT2D eigenvalue weighted by Crippen LogP contribution is 1.57. The Morgan fingerprint density at radius 2 is 1.36 bits per heavy atom. The molecule has 0 aliphatic rings. The van der Waals surface area contributed by atoms with E-state index in [1.165, 1.54) is 0 Å². The Balaban J connectivity index is -0.0000000965. The fraction of sp³-hybridized carbons (Fsp3) is 0.700. The number of hydrogen-bond acceptors (Lipinski definition) is 1. The average Bonchev–Trinajstić information content (AvgIpc) is 2.10. The van der Waals surface area contributed by atoms with Crippen LogP contribution >= 0.6 is 0 Å². The van der Waals surface area contributed by atoms with Crippen LogP contribution in [0.4, 0.5) is 0 Å². The maximum absolute atomic E-state index is 3.85. The second kappa shape index (κ2) is 34.2. The number of allylic oxidation sites excluding steroid dienone is 2. The van der Waals surface area contributed by atoms with E-state index in [9.17, 15) is 0 Å². The van der Waals surface area contributed by atoms with Crippen LogP contribution in [0.3, 0.4) is 0 Å². The van der Waals surface area contributed by atoms with Crippen molar-refractivity contribution in [3.05, 3.63) is 12.2 Å². The molecule has 0 N–H and O–H groups in total. The molecule has 0 amide bonds. The van der Waals surface area contributed by atoms with Gasteiger partial charge >= 0.3 is 0 Å². The quantitative estimate of drug-likeness (QED) is 0.406. The average molecular weight is 157 g/mol. The molecule has 0 atom stereocenters. The van der Waals surface area contributed by atoms with Crippen molar-refractivity contribution in [2.24, 2.45) is 4.99 Å². The second-order valence-corrected chi connectivity index (χ2v) is 1.42. The molecule has 1 nitrogen and oxygen atoms in total. The molecule has 0 aromatic rings. The summed E-state index contributed by atoms with van der Waals surface area (Å²) in [5.74, 6) is 0. The first-order valence-corrected chi connectivity index (χ1v) is 4.35. The Bertz CT molecular complexity index is 68.9. The highest BCUT2D eigenvalue weighted by molar-refractivity contribution is 5.52. The molecule has 0 bridgehead atoms. The zero-order valence-corrected chi connectivity index (χ0v) is 8.89. The third kappa shape index (κ3) is 89.0. The normalized spacial score (nSPS) is 8.55. The molecule has 0 unspecified atom stereocenters. The summed E-state index contributed by atoms with van der Waals surface area (Å²) in [7, 11) is 0. The second-order valence-electron chi connectivity index (χ2n) is 1.42. The SMILES string of the molecule is CC.CC=CC.CC=NCC. The summed E-state index contributed by atoms with van der Waals surface area (Å²) in [6, 6.07) is 0. The van der Waals surface area contributed by atoms with Crippen LogP contribution in [0.25, 0.3) is 0 Å². The largest absolute Gasteiger partial charge is 0.298 e. The summed E-state index contributed by atoms with van der Waals surface area (Å²) < 4.78 is 0. The van der Waals surface area contributed by atoms with Crippen molar-refractivity contribution in [3.63, 3.8) is 0 Å². The van der Waals surface area contributed by atoms with Crippen molar-refractivity contribution in [2.75, 3.05) is 6.54 Å². The van der Waals surface area contributed by atoms with Gasteiger partial charge in [0.1, 0.15) is 0 Å². The van der Waals surface area contributed by atoms with Crippen molar-refractivity contribution in [1.29, 1.82) is 0 Å². The van der Waals surface area contributed by atoms with Crippen LogP contribution in [0.15, 0.2) is 17.1 Å². The van der Waals surface area contributed by atoms with Gasteiger partial charge in [0.15, 0.2) is 0 Å². The molecule has 0 rings (SSSR count).